The van der Waals surface area contributed by atoms with E-state index in [9.17, 15) is 4.79 Å². The first kappa shape index (κ1) is 15.9. The van der Waals surface area contributed by atoms with Gasteiger partial charge in [0.25, 0.3) is 0 Å². The van der Waals surface area contributed by atoms with Crippen LogP contribution in [-0.4, -0.2) is 19.7 Å². The molecule has 24 heavy (non-hydrogen) atoms. The summed E-state index contributed by atoms with van der Waals surface area (Å²) in [6.07, 6.45) is 3.53. The molecule has 1 heterocycles. The van der Waals surface area contributed by atoms with Crippen molar-refractivity contribution < 1.29 is 19.0 Å². The monoisotopic (exact) mass is 322 g/mol. The van der Waals surface area contributed by atoms with Crippen molar-refractivity contribution in [1.29, 1.82) is 0 Å². The molecule has 4 heteroatoms. The van der Waals surface area contributed by atoms with E-state index in [0.717, 1.165) is 22.6 Å². The van der Waals surface area contributed by atoms with Crippen LogP contribution in [0.1, 0.15) is 18.1 Å². The summed E-state index contributed by atoms with van der Waals surface area (Å²) in [6.45, 7) is 2.55. The van der Waals surface area contributed by atoms with Gasteiger partial charge in [0.1, 0.15) is 17.3 Å². The zero-order chi connectivity index (χ0) is 16.9. The maximum atomic E-state index is 12.1. The Morgan fingerprint density at radius 2 is 1.88 bits per heavy atom. The minimum Gasteiger partial charge on any atom is -0.497 e. The summed E-state index contributed by atoms with van der Waals surface area (Å²) in [6, 6.07) is 15.0. The summed E-state index contributed by atoms with van der Waals surface area (Å²) in [5.41, 5.74) is 2.22. The molecule has 0 saturated heterocycles. The van der Waals surface area contributed by atoms with E-state index in [2.05, 4.69) is 0 Å². The molecular formula is C20H18O4. The average Bonchev–Trinajstić information content (AvgIpc) is 2.97. The van der Waals surface area contributed by atoms with Crippen molar-refractivity contribution in [2.24, 2.45) is 0 Å². The van der Waals surface area contributed by atoms with Gasteiger partial charge in [-0.25, -0.2) is 4.79 Å². The van der Waals surface area contributed by atoms with Crippen LogP contribution < -0.4 is 9.47 Å². The van der Waals surface area contributed by atoms with Crippen LogP contribution in [0.4, 0.5) is 0 Å². The fourth-order valence-corrected chi connectivity index (χ4v) is 2.42. The Morgan fingerprint density at radius 3 is 2.58 bits per heavy atom. The molecule has 0 amide bonds. The number of hydrogen-bond donors (Lipinski definition) is 0. The van der Waals surface area contributed by atoms with Crippen LogP contribution in [0.15, 0.2) is 60.2 Å². The predicted molar refractivity (Wildman–Crippen MR) is 92.7 cm³/mol. The maximum Gasteiger partial charge on any atom is 0.343 e. The molecule has 1 aliphatic heterocycles. The van der Waals surface area contributed by atoms with E-state index in [1.54, 1.807) is 19.3 Å². The number of methoxy groups -OCH3 is 1. The summed E-state index contributed by atoms with van der Waals surface area (Å²) in [4.78, 5) is 12.1. The summed E-state index contributed by atoms with van der Waals surface area (Å²) in [7, 11) is 1.61. The van der Waals surface area contributed by atoms with E-state index in [4.69, 9.17) is 14.2 Å². The van der Waals surface area contributed by atoms with Crippen molar-refractivity contribution in [1.82, 2.24) is 0 Å². The molecule has 0 N–H and O–H groups in total. The van der Waals surface area contributed by atoms with Gasteiger partial charge in [0, 0.05) is 5.56 Å². The molecule has 0 aliphatic carbocycles. The Morgan fingerprint density at radius 1 is 1.08 bits per heavy atom. The Hall–Kier alpha value is -3.01. The van der Waals surface area contributed by atoms with Gasteiger partial charge in [0.05, 0.1) is 19.3 Å². The normalized spacial score (nSPS) is 15.2. The van der Waals surface area contributed by atoms with E-state index < -0.39 is 0 Å². The van der Waals surface area contributed by atoms with E-state index in [-0.39, 0.29) is 5.97 Å². The van der Waals surface area contributed by atoms with Crippen LogP contribution >= 0.6 is 0 Å². The number of carbonyl (C=O) groups excluding carboxylic acids is 1. The molecule has 0 fully saturated rings. The van der Waals surface area contributed by atoms with Crippen molar-refractivity contribution in [2.45, 2.75) is 6.92 Å². The highest BCUT2D eigenvalue weighted by Crippen LogP contribution is 2.29. The van der Waals surface area contributed by atoms with Crippen LogP contribution in [0.3, 0.4) is 0 Å². The van der Waals surface area contributed by atoms with E-state index in [0.29, 0.717) is 17.9 Å². The molecule has 2 aromatic carbocycles. The molecule has 1 aliphatic rings. The average molecular weight is 322 g/mol. The Balaban J connectivity index is 1.85. The van der Waals surface area contributed by atoms with Crippen LogP contribution in [0.5, 0.6) is 11.5 Å². The number of cyclic esters (lactones) is 1. The standard InChI is InChI=1S/C20H18O4/c1-3-23-17-9-7-15(8-10-17)19-13-16(20(21)24-19)11-14-5-4-6-18(12-14)22-2/h4-13H,3H2,1-2H3/b16-11-. The lowest BCUT2D eigenvalue weighted by Crippen LogP contribution is -1.97. The third kappa shape index (κ3) is 3.49. The van der Waals surface area contributed by atoms with Crippen LogP contribution in [-0.2, 0) is 9.53 Å². The summed E-state index contributed by atoms with van der Waals surface area (Å²) < 4.78 is 16.0. The Bertz CT molecular complexity index is 801. The molecular weight excluding hydrogens is 304 g/mol. The van der Waals surface area contributed by atoms with Crippen molar-refractivity contribution >= 4 is 17.8 Å². The van der Waals surface area contributed by atoms with Gasteiger partial charge in [-0.3, -0.25) is 0 Å². The van der Waals surface area contributed by atoms with Crippen LogP contribution in [0.2, 0.25) is 0 Å². The molecule has 4 nitrogen and oxygen atoms in total. The molecule has 0 bridgehead atoms. The second-order valence-corrected chi connectivity index (χ2v) is 5.23. The maximum absolute atomic E-state index is 12.1. The fraction of sp³-hybridized carbons (Fsp3) is 0.150. The zero-order valence-electron chi connectivity index (χ0n) is 13.6. The predicted octanol–water partition coefficient (Wildman–Crippen LogP) is 4.08. The Labute approximate surface area is 141 Å². The third-order valence-corrected chi connectivity index (χ3v) is 3.59. The van der Waals surface area contributed by atoms with Crippen molar-refractivity contribution in [3.8, 4) is 11.5 Å². The second kappa shape index (κ2) is 7.04. The van der Waals surface area contributed by atoms with Gasteiger partial charge in [-0.2, -0.15) is 0 Å². The van der Waals surface area contributed by atoms with E-state index in [1.165, 1.54) is 0 Å². The molecule has 0 unspecified atom stereocenters. The SMILES string of the molecule is CCOc1ccc(C2=C/C(=C/c3cccc(OC)c3)C(=O)O2)cc1. The largest absolute Gasteiger partial charge is 0.497 e. The fourth-order valence-electron chi connectivity index (χ4n) is 2.42. The summed E-state index contributed by atoms with van der Waals surface area (Å²) in [5, 5.41) is 0. The molecule has 3 rings (SSSR count). The van der Waals surface area contributed by atoms with Crippen molar-refractivity contribution in [3.05, 3.63) is 71.3 Å². The zero-order valence-corrected chi connectivity index (χ0v) is 13.6. The first-order valence-corrected chi connectivity index (χ1v) is 7.72. The highest BCUT2D eigenvalue weighted by Gasteiger charge is 2.22. The molecule has 122 valence electrons. The minimum absolute atomic E-state index is 0.360. The first-order valence-electron chi connectivity index (χ1n) is 7.72. The number of carbonyl (C=O) groups is 1. The minimum atomic E-state index is -0.360. The molecule has 0 spiro atoms. The Kier molecular flexibility index (Phi) is 4.66. The number of benzene rings is 2. The van der Waals surface area contributed by atoms with Gasteiger partial charge in [-0.15, -0.1) is 0 Å². The lowest BCUT2D eigenvalue weighted by molar-refractivity contribution is -0.130. The third-order valence-electron chi connectivity index (χ3n) is 3.59. The molecule has 0 saturated carbocycles. The molecule has 0 radical (unpaired) electrons. The molecule has 2 aromatic rings. The summed E-state index contributed by atoms with van der Waals surface area (Å²) >= 11 is 0. The van der Waals surface area contributed by atoms with Gasteiger partial charge in [-0.1, -0.05) is 12.1 Å². The molecule has 0 aromatic heterocycles. The van der Waals surface area contributed by atoms with Crippen LogP contribution in [0, 0.1) is 0 Å². The lowest BCUT2D eigenvalue weighted by Gasteiger charge is -2.05. The van der Waals surface area contributed by atoms with Crippen molar-refractivity contribution in [3.63, 3.8) is 0 Å². The number of esters is 1. The number of hydrogen-bond acceptors (Lipinski definition) is 4. The van der Waals surface area contributed by atoms with E-state index in [1.807, 2.05) is 55.5 Å². The quantitative estimate of drug-likeness (QED) is 0.615. The lowest BCUT2D eigenvalue weighted by atomic mass is 10.1. The van der Waals surface area contributed by atoms with Crippen LogP contribution in [0.25, 0.3) is 11.8 Å². The smallest absolute Gasteiger partial charge is 0.343 e. The van der Waals surface area contributed by atoms with Gasteiger partial charge in [0.2, 0.25) is 0 Å². The topological polar surface area (TPSA) is 44.8 Å². The highest BCUT2D eigenvalue weighted by atomic mass is 16.5. The van der Waals surface area contributed by atoms with Gasteiger partial charge in [-0.05, 0) is 61.0 Å². The molecule has 0 atom stereocenters. The number of ether oxygens (including phenoxy) is 3. The summed E-state index contributed by atoms with van der Waals surface area (Å²) in [5.74, 6) is 1.71. The first-order chi connectivity index (χ1) is 11.7. The van der Waals surface area contributed by atoms with Gasteiger partial charge >= 0.3 is 5.97 Å². The van der Waals surface area contributed by atoms with Crippen molar-refractivity contribution in [2.75, 3.05) is 13.7 Å². The second-order valence-electron chi connectivity index (χ2n) is 5.23. The van der Waals surface area contributed by atoms with Gasteiger partial charge in [0.15, 0.2) is 0 Å². The van der Waals surface area contributed by atoms with Gasteiger partial charge < -0.3 is 14.2 Å². The highest BCUT2D eigenvalue weighted by molar-refractivity contribution is 6.05. The number of rotatable bonds is 5. The van der Waals surface area contributed by atoms with E-state index >= 15 is 0 Å².